The fraction of sp³-hybridized carbons (Fsp3) is 0.364. The number of nitrogens with one attached hydrogen (secondary N) is 2. The van der Waals surface area contributed by atoms with Gasteiger partial charge in [0.1, 0.15) is 0 Å². The smallest absolute Gasteiger partial charge is 0.210 e. The Morgan fingerprint density at radius 1 is 1.44 bits per heavy atom. The number of aryl methyl sites for hydroxylation is 1. The standard InChI is InChI=1S/C11H17BrN4/c1-3-4-14-11(16-13)15-10-6-8(2)5-9(12)7-10/h5-7H,3-4,13H2,1-2H3,(H2,14,15,16). The highest BCUT2D eigenvalue weighted by Gasteiger charge is 1.99. The molecule has 0 aliphatic rings. The van der Waals surface area contributed by atoms with E-state index in [-0.39, 0.29) is 0 Å². The van der Waals surface area contributed by atoms with Gasteiger partial charge in [0.2, 0.25) is 5.96 Å². The minimum Gasteiger partial charge on any atom is -0.325 e. The molecule has 0 aliphatic heterocycles. The zero-order chi connectivity index (χ0) is 12.0. The first kappa shape index (κ1) is 13.0. The van der Waals surface area contributed by atoms with Gasteiger partial charge in [-0.2, -0.15) is 0 Å². The Labute approximate surface area is 104 Å². The van der Waals surface area contributed by atoms with Crippen molar-refractivity contribution in [1.82, 2.24) is 5.43 Å². The minimum atomic E-state index is 0.583. The van der Waals surface area contributed by atoms with Crippen LogP contribution in [-0.2, 0) is 0 Å². The van der Waals surface area contributed by atoms with Gasteiger partial charge < -0.3 is 5.32 Å². The van der Waals surface area contributed by atoms with Crippen molar-refractivity contribution in [3.05, 3.63) is 28.2 Å². The Kier molecular flexibility index (Phi) is 5.28. The van der Waals surface area contributed by atoms with Crippen molar-refractivity contribution in [1.29, 1.82) is 0 Å². The minimum absolute atomic E-state index is 0.583. The first-order valence-corrected chi connectivity index (χ1v) is 6.00. The van der Waals surface area contributed by atoms with Gasteiger partial charge >= 0.3 is 0 Å². The van der Waals surface area contributed by atoms with Gasteiger partial charge in [0.15, 0.2) is 0 Å². The lowest BCUT2D eigenvalue weighted by molar-refractivity contribution is 0.905. The molecule has 0 radical (unpaired) electrons. The van der Waals surface area contributed by atoms with Crippen molar-refractivity contribution in [2.45, 2.75) is 20.3 Å². The molecule has 0 unspecified atom stereocenters. The van der Waals surface area contributed by atoms with Crippen LogP contribution in [0.3, 0.4) is 0 Å². The van der Waals surface area contributed by atoms with Crippen molar-refractivity contribution in [2.75, 3.05) is 11.9 Å². The van der Waals surface area contributed by atoms with E-state index < -0.39 is 0 Å². The molecule has 5 heteroatoms. The summed E-state index contributed by atoms with van der Waals surface area (Å²) in [6.45, 7) is 4.86. The second-order valence-corrected chi connectivity index (χ2v) is 4.43. The van der Waals surface area contributed by atoms with E-state index in [1.165, 1.54) is 5.56 Å². The van der Waals surface area contributed by atoms with Crippen LogP contribution in [-0.4, -0.2) is 12.5 Å². The molecule has 0 saturated heterocycles. The molecule has 0 aliphatic carbocycles. The number of benzene rings is 1. The van der Waals surface area contributed by atoms with Crippen LogP contribution < -0.4 is 16.6 Å². The number of halogens is 1. The average Bonchev–Trinajstić information content (AvgIpc) is 2.22. The second-order valence-electron chi connectivity index (χ2n) is 3.52. The average molecular weight is 285 g/mol. The van der Waals surface area contributed by atoms with Crippen LogP contribution in [0.2, 0.25) is 0 Å². The van der Waals surface area contributed by atoms with Crippen LogP contribution in [0.15, 0.2) is 27.7 Å². The van der Waals surface area contributed by atoms with Crippen LogP contribution in [0.25, 0.3) is 0 Å². The predicted molar refractivity (Wildman–Crippen MR) is 72.4 cm³/mol. The lowest BCUT2D eigenvalue weighted by atomic mass is 10.2. The SMILES string of the molecule is CCCN=C(NN)Nc1cc(C)cc(Br)c1. The van der Waals surface area contributed by atoms with E-state index in [1.54, 1.807) is 0 Å². The summed E-state index contributed by atoms with van der Waals surface area (Å²) in [7, 11) is 0. The number of aliphatic imine (C=N–C) groups is 1. The quantitative estimate of drug-likeness (QED) is 0.346. The fourth-order valence-electron chi connectivity index (χ4n) is 1.29. The molecular weight excluding hydrogens is 268 g/mol. The molecular formula is C11H17BrN4. The molecule has 0 fully saturated rings. The number of nitrogens with two attached hydrogens (primary N) is 1. The molecule has 0 aromatic heterocycles. The maximum absolute atomic E-state index is 5.38. The van der Waals surface area contributed by atoms with Gasteiger partial charge in [-0.15, -0.1) is 0 Å². The molecule has 4 N–H and O–H groups in total. The largest absolute Gasteiger partial charge is 0.325 e. The molecule has 1 rings (SSSR count). The molecule has 0 spiro atoms. The van der Waals surface area contributed by atoms with Gasteiger partial charge in [0.05, 0.1) is 0 Å². The Hall–Kier alpha value is -1.07. The van der Waals surface area contributed by atoms with Gasteiger partial charge in [-0.05, 0) is 37.1 Å². The number of nitrogens with zero attached hydrogens (tertiary/aromatic N) is 1. The summed E-state index contributed by atoms with van der Waals surface area (Å²) in [6, 6.07) is 6.05. The van der Waals surface area contributed by atoms with Crippen molar-refractivity contribution in [3.8, 4) is 0 Å². The maximum atomic E-state index is 5.38. The van der Waals surface area contributed by atoms with Crippen LogP contribution >= 0.6 is 15.9 Å². The van der Waals surface area contributed by atoms with Gasteiger partial charge in [0.25, 0.3) is 0 Å². The van der Waals surface area contributed by atoms with E-state index in [0.717, 1.165) is 23.1 Å². The Morgan fingerprint density at radius 2 is 2.19 bits per heavy atom. The predicted octanol–water partition coefficient (Wildman–Crippen LogP) is 2.40. The summed E-state index contributed by atoms with van der Waals surface area (Å²) in [5.41, 5.74) is 4.68. The molecule has 0 bridgehead atoms. The zero-order valence-electron chi connectivity index (χ0n) is 9.55. The third-order valence-corrected chi connectivity index (χ3v) is 2.39. The summed E-state index contributed by atoms with van der Waals surface area (Å²) < 4.78 is 1.03. The zero-order valence-corrected chi connectivity index (χ0v) is 11.1. The Morgan fingerprint density at radius 3 is 2.75 bits per heavy atom. The highest BCUT2D eigenvalue weighted by atomic mass is 79.9. The molecule has 88 valence electrons. The second kappa shape index (κ2) is 6.50. The summed E-state index contributed by atoms with van der Waals surface area (Å²) in [4.78, 5) is 4.27. The van der Waals surface area contributed by atoms with Crippen molar-refractivity contribution in [2.24, 2.45) is 10.8 Å². The van der Waals surface area contributed by atoms with E-state index in [9.17, 15) is 0 Å². The van der Waals surface area contributed by atoms with Gasteiger partial charge in [-0.25, -0.2) is 5.84 Å². The number of hydrogen-bond donors (Lipinski definition) is 3. The lowest BCUT2D eigenvalue weighted by Gasteiger charge is -2.10. The maximum Gasteiger partial charge on any atom is 0.210 e. The molecule has 0 atom stereocenters. The fourth-order valence-corrected chi connectivity index (χ4v) is 1.90. The van der Waals surface area contributed by atoms with Crippen LogP contribution in [0, 0.1) is 6.92 Å². The molecule has 1 aromatic carbocycles. The summed E-state index contributed by atoms with van der Waals surface area (Å²) in [6.07, 6.45) is 0.990. The van der Waals surface area contributed by atoms with Crippen LogP contribution in [0.1, 0.15) is 18.9 Å². The number of anilines is 1. The van der Waals surface area contributed by atoms with E-state index >= 15 is 0 Å². The number of guanidine groups is 1. The van der Waals surface area contributed by atoms with E-state index in [1.807, 2.05) is 25.1 Å². The molecule has 0 saturated carbocycles. The Balaban J connectivity index is 2.77. The molecule has 4 nitrogen and oxygen atoms in total. The van der Waals surface area contributed by atoms with E-state index in [4.69, 9.17) is 5.84 Å². The monoisotopic (exact) mass is 284 g/mol. The first-order chi connectivity index (χ1) is 7.65. The van der Waals surface area contributed by atoms with E-state index in [2.05, 4.69) is 38.6 Å². The number of rotatable bonds is 3. The highest BCUT2D eigenvalue weighted by molar-refractivity contribution is 9.10. The van der Waals surface area contributed by atoms with Crippen molar-refractivity contribution < 1.29 is 0 Å². The summed E-state index contributed by atoms with van der Waals surface area (Å²) >= 11 is 3.45. The molecule has 16 heavy (non-hydrogen) atoms. The molecule has 1 aromatic rings. The lowest BCUT2D eigenvalue weighted by Crippen LogP contribution is -2.36. The molecule has 0 heterocycles. The summed E-state index contributed by atoms with van der Waals surface area (Å²) in [5.74, 6) is 5.97. The van der Waals surface area contributed by atoms with E-state index in [0.29, 0.717) is 5.96 Å². The van der Waals surface area contributed by atoms with Gasteiger partial charge in [0, 0.05) is 16.7 Å². The van der Waals surface area contributed by atoms with Crippen LogP contribution in [0.5, 0.6) is 0 Å². The normalized spacial score (nSPS) is 11.4. The van der Waals surface area contributed by atoms with Gasteiger partial charge in [-0.3, -0.25) is 10.4 Å². The van der Waals surface area contributed by atoms with Crippen molar-refractivity contribution in [3.63, 3.8) is 0 Å². The highest BCUT2D eigenvalue weighted by Crippen LogP contribution is 2.18. The van der Waals surface area contributed by atoms with Crippen molar-refractivity contribution >= 4 is 27.6 Å². The first-order valence-electron chi connectivity index (χ1n) is 5.21. The third kappa shape index (κ3) is 4.20. The topological polar surface area (TPSA) is 62.4 Å². The summed E-state index contributed by atoms with van der Waals surface area (Å²) in [5, 5.41) is 3.13. The van der Waals surface area contributed by atoms with Crippen LogP contribution in [0.4, 0.5) is 5.69 Å². The Bertz CT molecular complexity index is 356. The third-order valence-electron chi connectivity index (χ3n) is 1.94. The number of hydrazine groups is 1. The number of hydrogen-bond acceptors (Lipinski definition) is 2. The van der Waals surface area contributed by atoms with Gasteiger partial charge in [-0.1, -0.05) is 22.9 Å². The molecule has 0 amide bonds.